The van der Waals surface area contributed by atoms with Gasteiger partial charge in [0, 0.05) is 6.54 Å². The molecule has 1 aromatic rings. The van der Waals surface area contributed by atoms with E-state index in [2.05, 4.69) is 30.7 Å². The minimum Gasteiger partial charge on any atom is -0.375 e. The normalized spacial score (nSPS) is 31.4. The van der Waals surface area contributed by atoms with Gasteiger partial charge in [0.25, 0.3) is 0 Å². The summed E-state index contributed by atoms with van der Waals surface area (Å²) in [6.45, 7) is 4.75. The largest absolute Gasteiger partial charge is 0.375 e. The van der Waals surface area contributed by atoms with Crippen molar-refractivity contribution in [3.8, 4) is 0 Å². The second kappa shape index (κ2) is 5.96. The van der Waals surface area contributed by atoms with E-state index in [0.29, 0.717) is 6.54 Å². The number of ether oxygens (including phenoxy) is 2. The Balaban J connectivity index is 1.94. The topological polar surface area (TPSA) is 44.5 Å². The molecule has 0 aromatic carbocycles. The monoisotopic (exact) mass is 255 g/mol. The van der Waals surface area contributed by atoms with Gasteiger partial charge in [0.1, 0.15) is 0 Å². The lowest BCUT2D eigenvalue weighted by Gasteiger charge is -2.34. The lowest BCUT2D eigenvalue weighted by molar-refractivity contribution is -0.120. The molecule has 0 spiro atoms. The fourth-order valence-corrected chi connectivity index (χ4v) is 3.12. The summed E-state index contributed by atoms with van der Waals surface area (Å²) in [6.07, 6.45) is 2.79. The van der Waals surface area contributed by atoms with E-state index in [0.717, 1.165) is 12.8 Å². The Labute approximate surface area is 107 Å². The van der Waals surface area contributed by atoms with Crippen LogP contribution in [0.25, 0.3) is 0 Å². The minimum atomic E-state index is 0.0312. The maximum absolute atomic E-state index is 6.13. The molecule has 3 nitrogen and oxygen atoms in total. The van der Waals surface area contributed by atoms with Crippen molar-refractivity contribution in [1.82, 2.24) is 0 Å². The van der Waals surface area contributed by atoms with E-state index >= 15 is 0 Å². The van der Waals surface area contributed by atoms with E-state index < -0.39 is 0 Å². The molecule has 0 saturated carbocycles. The average molecular weight is 255 g/mol. The quantitative estimate of drug-likeness (QED) is 0.899. The Morgan fingerprint density at radius 1 is 1.47 bits per heavy atom. The molecule has 2 rings (SSSR count). The van der Waals surface area contributed by atoms with Gasteiger partial charge in [-0.2, -0.15) is 11.3 Å². The third-order valence-electron chi connectivity index (χ3n) is 3.14. The Bertz CT molecular complexity index is 318. The van der Waals surface area contributed by atoms with Crippen molar-refractivity contribution in [3.63, 3.8) is 0 Å². The number of thiophene rings is 1. The molecular formula is C13H21NO2S. The number of hydrogen-bond acceptors (Lipinski definition) is 4. The summed E-state index contributed by atoms with van der Waals surface area (Å²) < 4.78 is 11.8. The zero-order valence-electron chi connectivity index (χ0n) is 10.5. The molecule has 1 aliphatic rings. The van der Waals surface area contributed by atoms with Crippen LogP contribution in [-0.4, -0.2) is 24.9 Å². The average Bonchev–Trinajstić information content (AvgIpc) is 2.77. The highest BCUT2D eigenvalue weighted by Crippen LogP contribution is 2.27. The fourth-order valence-electron chi connectivity index (χ4n) is 2.42. The molecule has 96 valence electrons. The fraction of sp³-hybridized carbons (Fsp3) is 0.692. The molecule has 0 amide bonds. The number of hydrogen-bond donors (Lipinski definition) is 1. The van der Waals surface area contributed by atoms with Crippen molar-refractivity contribution in [2.24, 2.45) is 5.73 Å². The highest BCUT2D eigenvalue weighted by molar-refractivity contribution is 7.07. The van der Waals surface area contributed by atoms with Crippen LogP contribution in [0.4, 0.5) is 0 Å². The van der Waals surface area contributed by atoms with E-state index in [1.807, 2.05) is 0 Å². The van der Waals surface area contributed by atoms with Gasteiger partial charge in [-0.25, -0.2) is 0 Å². The Kier molecular flexibility index (Phi) is 4.56. The van der Waals surface area contributed by atoms with Crippen LogP contribution in [0.2, 0.25) is 0 Å². The molecular weight excluding hydrogens is 234 g/mol. The van der Waals surface area contributed by atoms with Gasteiger partial charge >= 0.3 is 0 Å². The van der Waals surface area contributed by atoms with Crippen molar-refractivity contribution in [3.05, 3.63) is 22.4 Å². The second-order valence-corrected chi connectivity index (χ2v) is 5.55. The van der Waals surface area contributed by atoms with Crippen molar-refractivity contribution >= 4 is 11.3 Å². The summed E-state index contributed by atoms with van der Waals surface area (Å²) in [5.74, 6) is 0. The molecule has 2 N–H and O–H groups in total. The molecule has 1 aliphatic heterocycles. The highest BCUT2D eigenvalue weighted by Gasteiger charge is 2.27. The first-order valence-corrected chi connectivity index (χ1v) is 7.16. The van der Waals surface area contributed by atoms with Crippen LogP contribution < -0.4 is 5.73 Å². The van der Waals surface area contributed by atoms with Crippen LogP contribution in [0.3, 0.4) is 0 Å². The molecule has 1 fully saturated rings. The van der Waals surface area contributed by atoms with Gasteiger partial charge in [0.2, 0.25) is 0 Å². The molecule has 3 unspecified atom stereocenters. The van der Waals surface area contributed by atoms with Gasteiger partial charge < -0.3 is 15.2 Å². The molecule has 1 aromatic heterocycles. The summed E-state index contributed by atoms with van der Waals surface area (Å²) in [5.41, 5.74) is 7.00. The maximum Gasteiger partial charge on any atom is 0.0958 e. The van der Waals surface area contributed by atoms with Gasteiger partial charge in [-0.15, -0.1) is 0 Å². The van der Waals surface area contributed by atoms with Crippen molar-refractivity contribution in [2.45, 2.75) is 51.1 Å². The summed E-state index contributed by atoms with van der Waals surface area (Å²) in [5, 5.41) is 4.18. The van der Waals surface area contributed by atoms with E-state index in [1.165, 1.54) is 5.56 Å². The van der Waals surface area contributed by atoms with Gasteiger partial charge in [-0.3, -0.25) is 0 Å². The lowest BCUT2D eigenvalue weighted by atomic mass is 10.0. The smallest absolute Gasteiger partial charge is 0.0958 e. The minimum absolute atomic E-state index is 0.0312. The predicted octanol–water partition coefficient (Wildman–Crippen LogP) is 2.72. The maximum atomic E-state index is 6.13. The van der Waals surface area contributed by atoms with Crippen LogP contribution in [0.5, 0.6) is 0 Å². The van der Waals surface area contributed by atoms with Gasteiger partial charge in [0.15, 0.2) is 0 Å². The SMILES string of the molecule is CC1CC(OC(CN)c2ccsc2)CC(C)O1. The predicted molar refractivity (Wildman–Crippen MR) is 70.2 cm³/mol. The standard InChI is InChI=1S/C13H21NO2S/c1-9-5-12(6-10(2)15-9)16-13(7-14)11-3-4-17-8-11/h3-4,8-10,12-13H,5-7,14H2,1-2H3. The van der Waals surface area contributed by atoms with Crippen LogP contribution in [0, 0.1) is 0 Å². The molecule has 1 saturated heterocycles. The van der Waals surface area contributed by atoms with E-state index in [4.69, 9.17) is 15.2 Å². The van der Waals surface area contributed by atoms with Crippen molar-refractivity contribution in [2.75, 3.05) is 6.54 Å². The molecule has 3 atom stereocenters. The Morgan fingerprint density at radius 2 is 2.18 bits per heavy atom. The zero-order chi connectivity index (χ0) is 12.3. The third-order valence-corrected chi connectivity index (χ3v) is 3.84. The zero-order valence-corrected chi connectivity index (χ0v) is 11.3. The molecule has 0 bridgehead atoms. The van der Waals surface area contributed by atoms with Gasteiger partial charge in [-0.1, -0.05) is 0 Å². The molecule has 0 radical (unpaired) electrons. The third kappa shape index (κ3) is 3.52. The number of rotatable bonds is 4. The van der Waals surface area contributed by atoms with Crippen molar-refractivity contribution < 1.29 is 9.47 Å². The van der Waals surface area contributed by atoms with Crippen molar-refractivity contribution in [1.29, 1.82) is 0 Å². The van der Waals surface area contributed by atoms with E-state index in [9.17, 15) is 0 Å². The van der Waals surface area contributed by atoms with E-state index in [-0.39, 0.29) is 24.4 Å². The molecule has 17 heavy (non-hydrogen) atoms. The van der Waals surface area contributed by atoms with Crippen LogP contribution in [-0.2, 0) is 9.47 Å². The van der Waals surface area contributed by atoms with E-state index in [1.54, 1.807) is 11.3 Å². The Hall–Kier alpha value is -0.420. The number of nitrogens with two attached hydrogens (primary N) is 1. The first kappa shape index (κ1) is 13.0. The Morgan fingerprint density at radius 3 is 2.71 bits per heavy atom. The van der Waals surface area contributed by atoms with Crippen LogP contribution in [0.15, 0.2) is 16.8 Å². The van der Waals surface area contributed by atoms with Crippen LogP contribution >= 0.6 is 11.3 Å². The first-order chi connectivity index (χ1) is 8.19. The lowest BCUT2D eigenvalue weighted by Crippen LogP contribution is -2.35. The highest BCUT2D eigenvalue weighted by atomic mass is 32.1. The summed E-state index contributed by atoms with van der Waals surface area (Å²) in [7, 11) is 0. The molecule has 2 heterocycles. The van der Waals surface area contributed by atoms with Crippen LogP contribution in [0.1, 0.15) is 38.4 Å². The molecule has 4 heteroatoms. The first-order valence-electron chi connectivity index (χ1n) is 6.22. The van der Waals surface area contributed by atoms with Gasteiger partial charge in [-0.05, 0) is 49.1 Å². The summed E-state index contributed by atoms with van der Waals surface area (Å²) in [4.78, 5) is 0. The summed E-state index contributed by atoms with van der Waals surface area (Å²) >= 11 is 1.69. The molecule has 0 aliphatic carbocycles. The second-order valence-electron chi connectivity index (χ2n) is 4.77. The summed E-state index contributed by atoms with van der Waals surface area (Å²) in [6, 6.07) is 2.09. The van der Waals surface area contributed by atoms with Gasteiger partial charge in [0.05, 0.1) is 24.4 Å².